The second-order valence-corrected chi connectivity index (χ2v) is 9.31. The van der Waals surface area contributed by atoms with Crippen LogP contribution < -0.4 is 10.7 Å². The third-order valence-corrected chi connectivity index (χ3v) is 6.36. The Balaban J connectivity index is 1.51. The standard InChI is InChI=1S/C29H26ClN5O2/c1-19(2)27(33-28(36)24-12-5-7-13-25(24)30)29(37)34-32-16-22-18-35(26-14-8-6-11-23(22)26)17-21-10-4-3-9-20(21)15-31/h3-14,16,18-19,27H,17H2,1-2H3,(H,33,36)(H,34,37). The van der Waals surface area contributed by atoms with Crippen LogP contribution in [0.3, 0.4) is 0 Å². The normalized spacial score (nSPS) is 12.0. The number of carbonyl (C=O) groups is 2. The molecule has 4 aromatic rings. The molecule has 8 heteroatoms. The summed E-state index contributed by atoms with van der Waals surface area (Å²) in [6.07, 6.45) is 3.52. The molecule has 2 N–H and O–H groups in total. The lowest BCUT2D eigenvalue weighted by atomic mass is 10.0. The first kappa shape index (κ1) is 25.7. The van der Waals surface area contributed by atoms with Crippen LogP contribution in [0.1, 0.15) is 40.9 Å². The lowest BCUT2D eigenvalue weighted by Crippen LogP contribution is -2.48. The van der Waals surface area contributed by atoms with E-state index in [2.05, 4.69) is 26.5 Å². The molecule has 1 heterocycles. The highest BCUT2D eigenvalue weighted by molar-refractivity contribution is 6.33. The van der Waals surface area contributed by atoms with Crippen molar-refractivity contribution in [2.45, 2.75) is 26.4 Å². The average molecular weight is 512 g/mol. The first-order valence-electron chi connectivity index (χ1n) is 11.8. The molecule has 4 rings (SSSR count). The van der Waals surface area contributed by atoms with Crippen molar-refractivity contribution in [3.05, 3.63) is 106 Å². The van der Waals surface area contributed by atoms with Crippen molar-refractivity contribution in [3.8, 4) is 6.07 Å². The Labute approximate surface area is 220 Å². The molecule has 0 aliphatic heterocycles. The van der Waals surface area contributed by atoms with Gasteiger partial charge in [-0.1, -0.05) is 74.0 Å². The van der Waals surface area contributed by atoms with Crippen molar-refractivity contribution in [3.63, 3.8) is 0 Å². The summed E-state index contributed by atoms with van der Waals surface area (Å²) in [6.45, 7) is 4.20. The van der Waals surface area contributed by atoms with Crippen LogP contribution >= 0.6 is 11.6 Å². The average Bonchev–Trinajstić information content (AvgIpc) is 3.24. The summed E-state index contributed by atoms with van der Waals surface area (Å²) in [5.74, 6) is -1.04. The van der Waals surface area contributed by atoms with Crippen molar-refractivity contribution in [1.82, 2.24) is 15.3 Å². The molecule has 7 nitrogen and oxygen atoms in total. The minimum Gasteiger partial charge on any atom is -0.342 e. The maximum atomic E-state index is 12.9. The number of hydrogen-bond donors (Lipinski definition) is 2. The van der Waals surface area contributed by atoms with E-state index in [1.807, 2.05) is 62.5 Å². The molecule has 1 aromatic heterocycles. The third kappa shape index (κ3) is 5.88. The molecule has 0 spiro atoms. The molecule has 0 radical (unpaired) electrons. The van der Waals surface area contributed by atoms with E-state index in [0.717, 1.165) is 22.0 Å². The summed E-state index contributed by atoms with van der Waals surface area (Å²) in [5, 5.41) is 17.7. The van der Waals surface area contributed by atoms with Crippen LogP contribution in [0.4, 0.5) is 0 Å². The number of hydrogen-bond acceptors (Lipinski definition) is 4. The molecule has 0 bridgehead atoms. The number of rotatable bonds is 8. The van der Waals surface area contributed by atoms with Crippen molar-refractivity contribution >= 4 is 40.5 Å². The Morgan fingerprint density at radius 3 is 2.51 bits per heavy atom. The van der Waals surface area contributed by atoms with E-state index in [1.165, 1.54) is 0 Å². The fraction of sp³-hybridized carbons (Fsp3) is 0.172. The van der Waals surface area contributed by atoms with E-state index in [0.29, 0.717) is 22.7 Å². The van der Waals surface area contributed by atoms with Gasteiger partial charge < -0.3 is 9.88 Å². The predicted octanol–water partition coefficient (Wildman–Crippen LogP) is 5.12. The summed E-state index contributed by atoms with van der Waals surface area (Å²) >= 11 is 6.13. The highest BCUT2D eigenvalue weighted by Gasteiger charge is 2.25. The summed E-state index contributed by atoms with van der Waals surface area (Å²) in [6, 6.07) is 23.5. The van der Waals surface area contributed by atoms with Crippen molar-refractivity contribution in [2.75, 3.05) is 0 Å². The van der Waals surface area contributed by atoms with Crippen LogP contribution in [0.25, 0.3) is 10.9 Å². The summed E-state index contributed by atoms with van der Waals surface area (Å²) < 4.78 is 2.05. The Morgan fingerprint density at radius 2 is 1.76 bits per heavy atom. The van der Waals surface area contributed by atoms with E-state index in [9.17, 15) is 14.9 Å². The van der Waals surface area contributed by atoms with Gasteiger partial charge in [0.25, 0.3) is 11.8 Å². The maximum absolute atomic E-state index is 12.9. The quantitative estimate of drug-likeness (QED) is 0.254. The van der Waals surface area contributed by atoms with Gasteiger partial charge in [0, 0.05) is 29.2 Å². The topological polar surface area (TPSA) is 99.3 Å². The zero-order chi connectivity index (χ0) is 26.4. The number of nitrogens with zero attached hydrogens (tertiary/aromatic N) is 3. The molecule has 37 heavy (non-hydrogen) atoms. The van der Waals surface area contributed by atoms with Crippen LogP contribution in [0.15, 0.2) is 84.1 Å². The first-order chi connectivity index (χ1) is 17.9. The number of nitrogens with one attached hydrogen (secondary N) is 2. The number of halogens is 1. The highest BCUT2D eigenvalue weighted by Crippen LogP contribution is 2.22. The highest BCUT2D eigenvalue weighted by atomic mass is 35.5. The van der Waals surface area contributed by atoms with Crippen LogP contribution in [0.2, 0.25) is 5.02 Å². The van der Waals surface area contributed by atoms with E-state index in [-0.39, 0.29) is 5.92 Å². The number of para-hydroxylation sites is 1. The predicted molar refractivity (Wildman–Crippen MR) is 145 cm³/mol. The van der Waals surface area contributed by atoms with Gasteiger partial charge in [0.15, 0.2) is 0 Å². The molecule has 0 aliphatic carbocycles. The van der Waals surface area contributed by atoms with E-state index in [1.54, 1.807) is 36.5 Å². The van der Waals surface area contributed by atoms with Gasteiger partial charge in [-0.2, -0.15) is 10.4 Å². The number of carbonyl (C=O) groups excluding carboxylic acids is 2. The monoisotopic (exact) mass is 511 g/mol. The second kappa shape index (κ2) is 11.5. The lowest BCUT2D eigenvalue weighted by molar-refractivity contribution is -0.123. The van der Waals surface area contributed by atoms with Gasteiger partial charge in [-0.05, 0) is 35.7 Å². The van der Waals surface area contributed by atoms with Crippen LogP contribution in [0, 0.1) is 17.2 Å². The Kier molecular flexibility index (Phi) is 8.02. The molecule has 0 saturated carbocycles. The van der Waals surface area contributed by atoms with Gasteiger partial charge in [-0.3, -0.25) is 9.59 Å². The van der Waals surface area contributed by atoms with Gasteiger partial charge in [0.05, 0.1) is 28.4 Å². The van der Waals surface area contributed by atoms with Gasteiger partial charge >= 0.3 is 0 Å². The van der Waals surface area contributed by atoms with Gasteiger partial charge in [0.2, 0.25) is 0 Å². The number of nitriles is 1. The molecule has 186 valence electrons. The lowest BCUT2D eigenvalue weighted by Gasteiger charge is -2.20. The molecule has 1 atom stereocenters. The first-order valence-corrected chi connectivity index (χ1v) is 12.2. The smallest absolute Gasteiger partial charge is 0.262 e. The SMILES string of the molecule is CC(C)C(NC(=O)c1ccccc1Cl)C(=O)NN=Cc1cn(Cc2ccccc2C#N)c2ccccc12. The summed E-state index contributed by atoms with van der Waals surface area (Å²) in [7, 11) is 0. The molecule has 1 unspecified atom stereocenters. The third-order valence-electron chi connectivity index (χ3n) is 6.03. The molecule has 0 fully saturated rings. The Bertz CT molecular complexity index is 1520. The number of benzene rings is 3. The number of fused-ring (bicyclic) bond motifs is 1. The zero-order valence-electron chi connectivity index (χ0n) is 20.5. The van der Waals surface area contributed by atoms with Crippen LogP contribution in [-0.4, -0.2) is 28.6 Å². The molecule has 0 aliphatic rings. The molecule has 0 saturated heterocycles. The maximum Gasteiger partial charge on any atom is 0.262 e. The van der Waals surface area contributed by atoms with Gasteiger partial charge in [-0.25, -0.2) is 5.43 Å². The van der Waals surface area contributed by atoms with Crippen molar-refractivity contribution < 1.29 is 9.59 Å². The second-order valence-electron chi connectivity index (χ2n) is 8.91. The van der Waals surface area contributed by atoms with E-state index < -0.39 is 17.9 Å². The van der Waals surface area contributed by atoms with Crippen LogP contribution in [0.5, 0.6) is 0 Å². The number of hydrazone groups is 1. The zero-order valence-corrected chi connectivity index (χ0v) is 21.2. The van der Waals surface area contributed by atoms with Gasteiger partial charge in [-0.15, -0.1) is 0 Å². The van der Waals surface area contributed by atoms with Crippen molar-refractivity contribution in [2.24, 2.45) is 11.0 Å². The summed E-state index contributed by atoms with van der Waals surface area (Å²) in [5.41, 5.74) is 6.19. The number of aromatic nitrogens is 1. The minimum atomic E-state index is -0.801. The van der Waals surface area contributed by atoms with Crippen LogP contribution in [-0.2, 0) is 11.3 Å². The molecule has 3 aromatic carbocycles. The molecular formula is C29H26ClN5O2. The largest absolute Gasteiger partial charge is 0.342 e. The molecule has 2 amide bonds. The minimum absolute atomic E-state index is 0.177. The summed E-state index contributed by atoms with van der Waals surface area (Å²) in [4.78, 5) is 25.6. The Hall–Kier alpha value is -4.41. The van der Waals surface area contributed by atoms with E-state index in [4.69, 9.17) is 11.6 Å². The van der Waals surface area contributed by atoms with Crippen molar-refractivity contribution in [1.29, 1.82) is 5.26 Å². The van der Waals surface area contributed by atoms with Gasteiger partial charge in [0.1, 0.15) is 6.04 Å². The molecular weight excluding hydrogens is 486 g/mol. The Morgan fingerprint density at radius 1 is 1.05 bits per heavy atom. The fourth-order valence-corrected chi connectivity index (χ4v) is 4.32. The number of amides is 2. The fourth-order valence-electron chi connectivity index (χ4n) is 4.09. The van der Waals surface area contributed by atoms with E-state index >= 15 is 0 Å².